The summed E-state index contributed by atoms with van der Waals surface area (Å²) in [7, 11) is -2.76. The minimum absolute atomic E-state index is 0.107. The van der Waals surface area contributed by atoms with Gasteiger partial charge in [-0.25, -0.2) is 13.4 Å². The van der Waals surface area contributed by atoms with Gasteiger partial charge in [0.15, 0.2) is 5.82 Å². The van der Waals surface area contributed by atoms with Crippen LogP contribution in [0.1, 0.15) is 32.9 Å². The van der Waals surface area contributed by atoms with Crippen molar-refractivity contribution in [2.45, 2.75) is 38.1 Å². The van der Waals surface area contributed by atoms with E-state index in [9.17, 15) is 18.0 Å². The third-order valence-corrected chi connectivity index (χ3v) is 7.99. The fraction of sp³-hybridized carbons (Fsp3) is 0.207. The van der Waals surface area contributed by atoms with Crippen LogP contribution in [0, 0.1) is 20.8 Å². The lowest BCUT2D eigenvalue weighted by atomic mass is 10.0. The molecule has 10 heteroatoms. The van der Waals surface area contributed by atoms with Crippen LogP contribution < -0.4 is 10.0 Å². The molecule has 0 aliphatic rings. The van der Waals surface area contributed by atoms with Gasteiger partial charge in [-0.2, -0.15) is 4.72 Å². The van der Waals surface area contributed by atoms with Gasteiger partial charge in [0, 0.05) is 18.1 Å². The van der Waals surface area contributed by atoms with E-state index in [1.807, 2.05) is 49.4 Å². The Bertz CT molecular complexity index is 1570. The molecule has 0 aliphatic heterocycles. The molecule has 1 heterocycles. The average molecular weight is 547 g/mol. The molecule has 1 aromatic heterocycles. The van der Waals surface area contributed by atoms with E-state index in [1.165, 1.54) is 13.3 Å². The van der Waals surface area contributed by atoms with E-state index in [4.69, 9.17) is 4.74 Å². The summed E-state index contributed by atoms with van der Waals surface area (Å²) in [6, 6.07) is 17.3. The number of nitrogens with one attached hydrogen (secondary N) is 3. The first-order chi connectivity index (χ1) is 18.6. The Morgan fingerprint density at radius 1 is 0.974 bits per heavy atom. The first-order valence-electron chi connectivity index (χ1n) is 12.3. The van der Waals surface area contributed by atoms with Crippen molar-refractivity contribution in [3.8, 4) is 11.1 Å². The van der Waals surface area contributed by atoms with Crippen molar-refractivity contribution < 1.29 is 22.7 Å². The SMILES string of the molecule is COC(=O)[C@H](Cc1ccc(-c2cccc(NC(=O)c3ncc[nH]3)c2)cc1)NS(=O)(=O)c1c(C)cc(C)cc1C. The van der Waals surface area contributed by atoms with Gasteiger partial charge in [-0.3, -0.25) is 9.59 Å². The molecule has 1 amide bonds. The monoisotopic (exact) mass is 546 g/mol. The minimum Gasteiger partial charge on any atom is -0.468 e. The van der Waals surface area contributed by atoms with E-state index in [-0.39, 0.29) is 23.0 Å². The van der Waals surface area contributed by atoms with Crippen LogP contribution in [0.5, 0.6) is 0 Å². The number of anilines is 1. The zero-order chi connectivity index (χ0) is 28.2. The number of rotatable bonds is 9. The van der Waals surface area contributed by atoms with Crippen LogP contribution in [0.4, 0.5) is 5.69 Å². The summed E-state index contributed by atoms with van der Waals surface area (Å²) in [5.41, 5.74) is 5.28. The highest BCUT2D eigenvalue weighted by atomic mass is 32.2. The lowest BCUT2D eigenvalue weighted by Crippen LogP contribution is -2.43. The number of aromatic amines is 1. The molecule has 3 N–H and O–H groups in total. The number of ether oxygens (including phenoxy) is 1. The molecule has 9 nitrogen and oxygen atoms in total. The van der Waals surface area contributed by atoms with Crippen LogP contribution in [-0.4, -0.2) is 43.4 Å². The third-order valence-electron chi connectivity index (χ3n) is 6.22. The number of benzene rings is 3. The number of amides is 1. The van der Waals surface area contributed by atoms with Crippen molar-refractivity contribution in [1.82, 2.24) is 14.7 Å². The number of carbonyl (C=O) groups is 2. The zero-order valence-electron chi connectivity index (χ0n) is 22.1. The van der Waals surface area contributed by atoms with Crippen LogP contribution >= 0.6 is 0 Å². The average Bonchev–Trinajstić information content (AvgIpc) is 3.43. The summed E-state index contributed by atoms with van der Waals surface area (Å²) in [6.07, 6.45) is 3.19. The Kier molecular flexibility index (Phi) is 8.27. The van der Waals surface area contributed by atoms with Gasteiger partial charge in [0.1, 0.15) is 6.04 Å². The van der Waals surface area contributed by atoms with E-state index in [0.29, 0.717) is 16.8 Å². The predicted octanol–water partition coefficient (Wildman–Crippen LogP) is 4.32. The summed E-state index contributed by atoms with van der Waals surface area (Å²) < 4.78 is 34.0. The molecule has 0 spiro atoms. The van der Waals surface area contributed by atoms with Crippen molar-refractivity contribution in [3.05, 3.63) is 101 Å². The summed E-state index contributed by atoms with van der Waals surface area (Å²) >= 11 is 0. The first kappa shape index (κ1) is 27.7. The standard InChI is InChI=1S/C29H30N4O5S/c1-18-14-19(2)26(20(3)15-18)39(36,37)33-25(29(35)38-4)16-21-8-10-22(11-9-21)23-6-5-7-24(17-23)32-28(34)27-30-12-13-31-27/h5-15,17,25,33H,16H2,1-4H3,(H,30,31)(H,32,34)/t25-/m0/s1. The molecule has 202 valence electrons. The van der Waals surface area contributed by atoms with Crippen LogP contribution in [0.25, 0.3) is 11.1 Å². The number of carbonyl (C=O) groups excluding carboxylic acids is 2. The number of methoxy groups -OCH3 is 1. The highest BCUT2D eigenvalue weighted by molar-refractivity contribution is 7.89. The molecule has 0 unspecified atom stereocenters. The normalized spacial score (nSPS) is 12.1. The van der Waals surface area contributed by atoms with Gasteiger partial charge in [-0.05, 0) is 67.1 Å². The molecule has 3 aromatic carbocycles. The molecule has 4 rings (SSSR count). The zero-order valence-corrected chi connectivity index (χ0v) is 22.9. The number of sulfonamides is 1. The third kappa shape index (κ3) is 6.60. The molecule has 0 aliphatic carbocycles. The number of aryl methyl sites for hydroxylation is 3. The highest BCUT2D eigenvalue weighted by Crippen LogP contribution is 2.25. The van der Waals surface area contributed by atoms with Crippen LogP contribution in [0.15, 0.2) is 78.0 Å². The van der Waals surface area contributed by atoms with Crippen LogP contribution in [0.3, 0.4) is 0 Å². The van der Waals surface area contributed by atoms with E-state index < -0.39 is 22.0 Å². The van der Waals surface area contributed by atoms with Crippen molar-refractivity contribution in [2.75, 3.05) is 12.4 Å². The Morgan fingerprint density at radius 3 is 2.28 bits per heavy atom. The molecular formula is C29H30N4O5S. The Morgan fingerprint density at radius 2 is 1.67 bits per heavy atom. The summed E-state index contributed by atoms with van der Waals surface area (Å²) in [5, 5.41) is 2.81. The number of hydrogen-bond donors (Lipinski definition) is 3. The summed E-state index contributed by atoms with van der Waals surface area (Å²) in [4.78, 5) is 31.7. The maximum Gasteiger partial charge on any atom is 0.324 e. The van der Waals surface area contributed by atoms with Crippen molar-refractivity contribution in [1.29, 1.82) is 0 Å². The number of H-pyrrole nitrogens is 1. The van der Waals surface area contributed by atoms with Crippen molar-refractivity contribution >= 4 is 27.6 Å². The molecule has 4 aromatic rings. The molecule has 0 saturated heterocycles. The second-order valence-corrected chi connectivity index (χ2v) is 10.9. The highest BCUT2D eigenvalue weighted by Gasteiger charge is 2.29. The predicted molar refractivity (Wildman–Crippen MR) is 149 cm³/mol. The fourth-order valence-corrected chi connectivity index (χ4v) is 6.22. The minimum atomic E-state index is -3.99. The topological polar surface area (TPSA) is 130 Å². The first-order valence-corrected chi connectivity index (χ1v) is 13.7. The van der Waals surface area contributed by atoms with Crippen molar-refractivity contribution in [3.63, 3.8) is 0 Å². The Balaban J connectivity index is 1.51. The Labute approximate surface area is 227 Å². The van der Waals surface area contributed by atoms with E-state index >= 15 is 0 Å². The lowest BCUT2D eigenvalue weighted by Gasteiger charge is -2.19. The second kappa shape index (κ2) is 11.6. The number of esters is 1. The van der Waals surface area contributed by atoms with E-state index in [0.717, 1.165) is 22.3 Å². The fourth-order valence-electron chi connectivity index (χ4n) is 4.58. The smallest absolute Gasteiger partial charge is 0.324 e. The molecule has 0 fully saturated rings. The summed E-state index contributed by atoms with van der Waals surface area (Å²) in [6.45, 7) is 5.37. The van der Waals surface area contributed by atoms with Gasteiger partial charge < -0.3 is 15.0 Å². The molecule has 0 bridgehead atoms. The largest absolute Gasteiger partial charge is 0.468 e. The van der Waals surface area contributed by atoms with Gasteiger partial charge in [0.05, 0.1) is 12.0 Å². The van der Waals surface area contributed by atoms with Crippen molar-refractivity contribution in [2.24, 2.45) is 0 Å². The quantitative estimate of drug-likeness (QED) is 0.268. The molecule has 1 atom stereocenters. The number of aromatic nitrogens is 2. The maximum atomic E-state index is 13.3. The van der Waals surface area contributed by atoms with Crippen LogP contribution in [-0.2, 0) is 26.0 Å². The van der Waals surface area contributed by atoms with E-state index in [2.05, 4.69) is 20.0 Å². The molecule has 0 saturated carbocycles. The number of imidazole rings is 1. The van der Waals surface area contributed by atoms with Crippen LogP contribution in [0.2, 0.25) is 0 Å². The van der Waals surface area contributed by atoms with Gasteiger partial charge in [0.25, 0.3) is 5.91 Å². The Hall–Kier alpha value is -4.28. The maximum absolute atomic E-state index is 13.3. The second-order valence-electron chi connectivity index (χ2n) is 9.30. The van der Waals surface area contributed by atoms with Gasteiger partial charge in [-0.15, -0.1) is 0 Å². The molecular weight excluding hydrogens is 516 g/mol. The molecule has 39 heavy (non-hydrogen) atoms. The number of nitrogens with zero attached hydrogens (tertiary/aromatic N) is 1. The lowest BCUT2D eigenvalue weighted by molar-refractivity contribution is -0.142. The van der Waals surface area contributed by atoms with Gasteiger partial charge >= 0.3 is 5.97 Å². The van der Waals surface area contributed by atoms with Gasteiger partial charge in [0.2, 0.25) is 10.0 Å². The van der Waals surface area contributed by atoms with E-state index in [1.54, 1.807) is 38.2 Å². The number of hydrogen-bond acceptors (Lipinski definition) is 6. The molecule has 0 radical (unpaired) electrons. The summed E-state index contributed by atoms with van der Waals surface area (Å²) in [5.74, 6) is -0.807. The van der Waals surface area contributed by atoms with Gasteiger partial charge in [-0.1, -0.05) is 54.1 Å².